The zero-order valence-electron chi connectivity index (χ0n) is 20.2. The summed E-state index contributed by atoms with van der Waals surface area (Å²) >= 11 is 0. The zero-order valence-corrected chi connectivity index (χ0v) is 20.2. The first-order chi connectivity index (χ1) is 16.8. The van der Waals surface area contributed by atoms with Crippen LogP contribution in [-0.4, -0.2) is 28.3 Å². The predicted octanol–water partition coefficient (Wildman–Crippen LogP) is 6.38. The fraction of sp³-hybridized carbons (Fsp3) is 0.241. The molecule has 0 saturated carbocycles. The van der Waals surface area contributed by atoms with E-state index in [9.17, 15) is 9.59 Å². The molecule has 1 atom stereocenters. The molecule has 0 saturated heterocycles. The summed E-state index contributed by atoms with van der Waals surface area (Å²) in [6.07, 6.45) is 1.11. The van der Waals surface area contributed by atoms with E-state index in [0.717, 1.165) is 40.7 Å². The molecule has 0 fully saturated rings. The van der Waals surface area contributed by atoms with Gasteiger partial charge in [0.15, 0.2) is 0 Å². The Bertz CT molecular complexity index is 1400. The van der Waals surface area contributed by atoms with Gasteiger partial charge in [0.05, 0.1) is 11.2 Å². The van der Waals surface area contributed by atoms with E-state index < -0.39 is 11.7 Å². The van der Waals surface area contributed by atoms with Crippen LogP contribution in [0.3, 0.4) is 0 Å². The summed E-state index contributed by atoms with van der Waals surface area (Å²) in [7, 11) is 0. The van der Waals surface area contributed by atoms with E-state index in [1.807, 2.05) is 87.5 Å². The largest absolute Gasteiger partial charge is 0.443 e. The number of nitrogens with zero attached hydrogens (tertiary/aromatic N) is 1. The maximum atomic E-state index is 13.2. The fourth-order valence-electron chi connectivity index (χ4n) is 4.63. The maximum Gasteiger partial charge on any atom is 0.419 e. The third-order valence-electron chi connectivity index (χ3n) is 6.09. The van der Waals surface area contributed by atoms with Gasteiger partial charge in [0, 0.05) is 17.1 Å². The molecule has 178 valence electrons. The van der Waals surface area contributed by atoms with Gasteiger partial charge in [-0.3, -0.25) is 0 Å². The number of rotatable bonds is 3. The average molecular weight is 468 g/mol. The van der Waals surface area contributed by atoms with E-state index in [1.165, 1.54) is 11.1 Å². The van der Waals surface area contributed by atoms with Crippen LogP contribution in [0.15, 0.2) is 78.9 Å². The number of fused-ring (bicyclic) bond motifs is 2. The number of carbonyl (C=O) groups excluding carboxylic acids is 2. The number of hydrogen-bond donors (Lipinski definition) is 2. The molecule has 2 N–H and O–H groups in total. The van der Waals surface area contributed by atoms with E-state index in [2.05, 4.69) is 22.8 Å². The van der Waals surface area contributed by atoms with Crippen molar-refractivity contribution in [2.24, 2.45) is 0 Å². The smallest absolute Gasteiger partial charge is 0.419 e. The molecule has 1 aromatic heterocycles. The lowest BCUT2D eigenvalue weighted by molar-refractivity contribution is 0.0547. The van der Waals surface area contributed by atoms with Crippen molar-refractivity contribution < 1.29 is 14.3 Å². The van der Waals surface area contributed by atoms with Crippen LogP contribution in [0.2, 0.25) is 0 Å². The molecule has 6 heteroatoms. The van der Waals surface area contributed by atoms with Gasteiger partial charge >= 0.3 is 12.1 Å². The van der Waals surface area contributed by atoms with Crippen LogP contribution < -0.4 is 10.6 Å². The predicted molar refractivity (Wildman–Crippen MR) is 139 cm³/mol. The molecule has 4 aromatic rings. The molecule has 3 aromatic carbocycles. The molecule has 35 heavy (non-hydrogen) atoms. The molecule has 1 aliphatic carbocycles. The minimum absolute atomic E-state index is 0.0145. The Hall–Kier alpha value is -4.06. The van der Waals surface area contributed by atoms with Gasteiger partial charge in [-0.25, -0.2) is 14.2 Å². The SMILES string of the molecule is CC(C)(C)OC(=O)n1c(-c2ccc3c(c2)CC(NC(=O)Nc2ccccc2)C3)cc2ccccc21. The second-order valence-corrected chi connectivity index (χ2v) is 9.96. The minimum Gasteiger partial charge on any atom is -0.443 e. The summed E-state index contributed by atoms with van der Waals surface area (Å²) in [5.41, 5.74) is 5.10. The number of hydrogen-bond acceptors (Lipinski definition) is 3. The summed E-state index contributed by atoms with van der Waals surface area (Å²) in [6, 6.07) is 25.3. The first-order valence-corrected chi connectivity index (χ1v) is 11.9. The molecule has 0 aliphatic heterocycles. The summed E-state index contributed by atoms with van der Waals surface area (Å²) in [5.74, 6) is 0. The number of benzene rings is 3. The lowest BCUT2D eigenvalue weighted by Crippen LogP contribution is -2.38. The van der Waals surface area contributed by atoms with Gasteiger partial charge < -0.3 is 15.4 Å². The lowest BCUT2D eigenvalue weighted by atomic mass is 10.0. The molecule has 5 rings (SSSR count). The lowest BCUT2D eigenvalue weighted by Gasteiger charge is -2.21. The van der Waals surface area contributed by atoms with E-state index in [4.69, 9.17) is 4.74 Å². The van der Waals surface area contributed by atoms with Crippen molar-refractivity contribution in [3.05, 3.63) is 90.0 Å². The van der Waals surface area contributed by atoms with Gasteiger partial charge in [0.1, 0.15) is 5.60 Å². The zero-order chi connectivity index (χ0) is 24.6. The Morgan fingerprint density at radius 3 is 2.37 bits per heavy atom. The number of nitrogens with one attached hydrogen (secondary N) is 2. The van der Waals surface area contributed by atoms with Crippen molar-refractivity contribution in [3.63, 3.8) is 0 Å². The third-order valence-corrected chi connectivity index (χ3v) is 6.09. The van der Waals surface area contributed by atoms with E-state index >= 15 is 0 Å². The number of urea groups is 1. The number of anilines is 1. The summed E-state index contributed by atoms with van der Waals surface area (Å²) in [4.78, 5) is 25.6. The molecular formula is C29H29N3O3. The Labute approximate surface area is 204 Å². The molecule has 1 aliphatic rings. The van der Waals surface area contributed by atoms with Crippen LogP contribution >= 0.6 is 0 Å². The Balaban J connectivity index is 1.39. The number of aromatic nitrogens is 1. The normalized spacial score (nSPS) is 15.0. The fourth-order valence-corrected chi connectivity index (χ4v) is 4.63. The Morgan fingerprint density at radius 2 is 1.60 bits per heavy atom. The van der Waals surface area contributed by atoms with Crippen LogP contribution in [0.5, 0.6) is 0 Å². The number of carbonyl (C=O) groups is 2. The number of amides is 2. The first-order valence-electron chi connectivity index (χ1n) is 11.9. The van der Waals surface area contributed by atoms with Crippen molar-refractivity contribution in [2.75, 3.05) is 5.32 Å². The molecular weight excluding hydrogens is 438 g/mol. The van der Waals surface area contributed by atoms with Crippen LogP contribution in [0, 0.1) is 0 Å². The van der Waals surface area contributed by atoms with E-state index in [1.54, 1.807) is 4.57 Å². The second kappa shape index (κ2) is 8.95. The van der Waals surface area contributed by atoms with Gasteiger partial charge in [0.2, 0.25) is 0 Å². The van der Waals surface area contributed by atoms with Crippen LogP contribution in [0.1, 0.15) is 31.9 Å². The molecule has 1 heterocycles. The molecule has 0 bridgehead atoms. The standard InChI is InChI=1S/C29H29N3O3/c1-29(2,3)35-28(34)32-25-12-8-7-9-20(25)18-26(32)21-14-13-19-16-24(17-22(19)15-21)31-27(33)30-23-10-5-4-6-11-23/h4-15,18,24H,16-17H2,1-3H3,(H2,30,31,33). The Kier molecular flexibility index (Phi) is 5.81. The van der Waals surface area contributed by atoms with Gasteiger partial charge in [-0.15, -0.1) is 0 Å². The maximum absolute atomic E-state index is 13.2. The third kappa shape index (κ3) is 4.92. The monoisotopic (exact) mass is 467 g/mol. The van der Waals surface area contributed by atoms with Gasteiger partial charge in [-0.1, -0.05) is 48.5 Å². The highest BCUT2D eigenvalue weighted by Crippen LogP contribution is 2.33. The quantitative estimate of drug-likeness (QED) is 0.367. The summed E-state index contributed by atoms with van der Waals surface area (Å²) in [6.45, 7) is 5.60. The second-order valence-electron chi connectivity index (χ2n) is 9.96. The van der Waals surface area contributed by atoms with Crippen LogP contribution in [-0.2, 0) is 17.6 Å². The van der Waals surface area contributed by atoms with Gasteiger partial charge in [-0.05, 0) is 80.6 Å². The van der Waals surface area contributed by atoms with Crippen LogP contribution in [0.4, 0.5) is 15.3 Å². The van der Waals surface area contributed by atoms with Crippen molar-refractivity contribution >= 4 is 28.7 Å². The summed E-state index contributed by atoms with van der Waals surface area (Å²) in [5, 5.41) is 6.94. The van der Waals surface area contributed by atoms with E-state index in [0.29, 0.717) is 0 Å². The molecule has 6 nitrogen and oxygen atoms in total. The topological polar surface area (TPSA) is 72.4 Å². The van der Waals surface area contributed by atoms with Crippen molar-refractivity contribution in [1.82, 2.24) is 9.88 Å². The molecule has 1 unspecified atom stereocenters. The minimum atomic E-state index is -0.600. The van der Waals surface area contributed by atoms with Gasteiger partial charge in [-0.2, -0.15) is 0 Å². The molecule has 0 radical (unpaired) electrons. The number of ether oxygens (including phenoxy) is 1. The number of para-hydroxylation sites is 2. The molecule has 0 spiro atoms. The molecule has 2 amide bonds. The Morgan fingerprint density at radius 1 is 0.886 bits per heavy atom. The van der Waals surface area contributed by atoms with Crippen molar-refractivity contribution in [2.45, 2.75) is 45.3 Å². The highest BCUT2D eigenvalue weighted by Gasteiger charge is 2.26. The summed E-state index contributed by atoms with van der Waals surface area (Å²) < 4.78 is 7.38. The highest BCUT2D eigenvalue weighted by molar-refractivity contribution is 5.96. The first kappa shape index (κ1) is 22.7. The van der Waals surface area contributed by atoms with Crippen molar-refractivity contribution in [1.29, 1.82) is 0 Å². The van der Waals surface area contributed by atoms with Crippen molar-refractivity contribution in [3.8, 4) is 11.3 Å². The average Bonchev–Trinajstić information content (AvgIpc) is 3.38. The van der Waals surface area contributed by atoms with Crippen LogP contribution in [0.25, 0.3) is 22.2 Å². The van der Waals surface area contributed by atoms with E-state index in [-0.39, 0.29) is 12.1 Å². The highest BCUT2D eigenvalue weighted by atomic mass is 16.6. The van der Waals surface area contributed by atoms with Gasteiger partial charge in [0.25, 0.3) is 0 Å².